The Morgan fingerprint density at radius 1 is 1.12 bits per heavy atom. The van der Waals surface area contributed by atoms with E-state index in [9.17, 15) is 4.79 Å². The number of unbranched alkanes of at least 4 members (excludes halogenated alkanes) is 7. The normalized spacial score (nSPS) is 11.0. The Labute approximate surface area is 156 Å². The number of nitrogens with zero attached hydrogens (tertiary/aromatic N) is 1. The summed E-state index contributed by atoms with van der Waals surface area (Å²) in [5, 5.41) is 17.7. The van der Waals surface area contributed by atoms with Gasteiger partial charge in [-0.2, -0.15) is 5.26 Å². The van der Waals surface area contributed by atoms with Gasteiger partial charge in [-0.05, 0) is 30.2 Å². The monoisotopic (exact) mass is 359 g/mol. The molecule has 0 aromatic heterocycles. The van der Waals surface area contributed by atoms with E-state index >= 15 is 0 Å². The number of carbonyl (C=O) groups is 1. The number of methoxy groups -OCH3 is 1. The van der Waals surface area contributed by atoms with Crippen molar-refractivity contribution in [3.63, 3.8) is 0 Å². The molecule has 142 valence electrons. The van der Waals surface area contributed by atoms with Crippen molar-refractivity contribution in [2.24, 2.45) is 0 Å². The molecule has 0 spiro atoms. The van der Waals surface area contributed by atoms with E-state index in [4.69, 9.17) is 19.8 Å². The molecule has 0 saturated heterocycles. The summed E-state index contributed by atoms with van der Waals surface area (Å²) in [5.74, 6) is -0.0936. The summed E-state index contributed by atoms with van der Waals surface area (Å²) in [4.78, 5) is 10.9. The number of carboxylic acid groups (broad SMARTS) is 1. The molecule has 0 amide bonds. The fraction of sp³-hybridized carbons (Fsp3) is 0.524. The van der Waals surface area contributed by atoms with Gasteiger partial charge in [-0.15, -0.1) is 0 Å². The summed E-state index contributed by atoms with van der Waals surface area (Å²) in [6, 6.07) is 6.79. The number of nitriles is 1. The highest BCUT2D eigenvalue weighted by Crippen LogP contribution is 2.29. The molecule has 1 N–H and O–H groups in total. The van der Waals surface area contributed by atoms with Crippen LogP contribution in [0, 0.1) is 11.3 Å². The van der Waals surface area contributed by atoms with Crippen LogP contribution in [0.4, 0.5) is 0 Å². The Hall–Kier alpha value is -2.48. The van der Waals surface area contributed by atoms with Gasteiger partial charge in [-0.3, -0.25) is 0 Å². The second-order valence-electron chi connectivity index (χ2n) is 6.21. The van der Waals surface area contributed by atoms with E-state index in [1.165, 1.54) is 51.7 Å². The summed E-state index contributed by atoms with van der Waals surface area (Å²) >= 11 is 0. The van der Waals surface area contributed by atoms with Crippen molar-refractivity contribution < 1.29 is 19.4 Å². The molecule has 5 heteroatoms. The van der Waals surface area contributed by atoms with Crippen LogP contribution >= 0.6 is 0 Å². The lowest BCUT2D eigenvalue weighted by Crippen LogP contribution is -2.00. The third-order valence-corrected chi connectivity index (χ3v) is 4.11. The molecular weight excluding hydrogens is 330 g/mol. The molecule has 0 saturated carbocycles. The van der Waals surface area contributed by atoms with Crippen molar-refractivity contribution in [2.45, 2.75) is 58.3 Å². The van der Waals surface area contributed by atoms with Crippen molar-refractivity contribution in [1.82, 2.24) is 0 Å². The lowest BCUT2D eigenvalue weighted by Gasteiger charge is -2.11. The smallest absolute Gasteiger partial charge is 0.346 e. The number of hydrogen-bond acceptors (Lipinski definition) is 4. The number of rotatable bonds is 13. The summed E-state index contributed by atoms with van der Waals surface area (Å²) < 4.78 is 11.1. The van der Waals surface area contributed by atoms with E-state index in [-0.39, 0.29) is 5.57 Å². The summed E-state index contributed by atoms with van der Waals surface area (Å²) in [6.07, 6.45) is 11.2. The number of aliphatic carboxylic acids is 1. The van der Waals surface area contributed by atoms with E-state index in [0.29, 0.717) is 23.7 Å². The SMILES string of the molecule is CCCCCCCCCCOc1ccc(/C=C(\C#N)C(=O)O)cc1OC. The third kappa shape index (κ3) is 8.06. The highest BCUT2D eigenvalue weighted by molar-refractivity contribution is 5.96. The maximum absolute atomic E-state index is 10.9. The molecule has 1 rings (SSSR count). The van der Waals surface area contributed by atoms with E-state index in [0.717, 1.165) is 12.8 Å². The molecule has 0 unspecified atom stereocenters. The Morgan fingerprint density at radius 3 is 2.35 bits per heavy atom. The van der Waals surface area contributed by atoms with Crippen LogP contribution in [-0.4, -0.2) is 24.8 Å². The highest BCUT2D eigenvalue weighted by Gasteiger charge is 2.09. The minimum Gasteiger partial charge on any atom is -0.493 e. The van der Waals surface area contributed by atoms with Gasteiger partial charge in [0.25, 0.3) is 0 Å². The standard InChI is InChI=1S/C21H29NO4/c1-3-4-5-6-7-8-9-10-13-26-19-12-11-17(15-20(19)25-2)14-18(16-22)21(23)24/h11-12,14-15H,3-10,13H2,1-2H3,(H,23,24)/b18-14+. The van der Waals surface area contributed by atoms with Crippen molar-refractivity contribution in [3.8, 4) is 17.6 Å². The van der Waals surface area contributed by atoms with Gasteiger partial charge in [0.2, 0.25) is 0 Å². The second kappa shape index (κ2) is 12.8. The molecule has 0 radical (unpaired) electrons. The molecule has 0 heterocycles. The van der Waals surface area contributed by atoms with Gasteiger partial charge in [0.05, 0.1) is 13.7 Å². The third-order valence-electron chi connectivity index (χ3n) is 4.11. The number of hydrogen-bond donors (Lipinski definition) is 1. The first-order valence-corrected chi connectivity index (χ1v) is 9.28. The molecule has 0 atom stereocenters. The predicted molar refractivity (Wildman–Crippen MR) is 102 cm³/mol. The van der Waals surface area contributed by atoms with Gasteiger partial charge in [0.1, 0.15) is 11.6 Å². The highest BCUT2D eigenvalue weighted by atomic mass is 16.5. The summed E-state index contributed by atoms with van der Waals surface area (Å²) in [6.45, 7) is 2.85. The van der Waals surface area contributed by atoms with Crippen LogP contribution < -0.4 is 9.47 Å². The molecule has 0 aliphatic heterocycles. The number of ether oxygens (including phenoxy) is 2. The number of benzene rings is 1. The van der Waals surface area contributed by atoms with Gasteiger partial charge >= 0.3 is 5.97 Å². The largest absolute Gasteiger partial charge is 0.493 e. The van der Waals surface area contributed by atoms with Crippen LogP contribution in [0.3, 0.4) is 0 Å². The van der Waals surface area contributed by atoms with Gasteiger partial charge in [0, 0.05) is 0 Å². The lowest BCUT2D eigenvalue weighted by molar-refractivity contribution is -0.132. The van der Waals surface area contributed by atoms with Crippen LogP contribution in [0.2, 0.25) is 0 Å². The van der Waals surface area contributed by atoms with Crippen molar-refractivity contribution in [1.29, 1.82) is 5.26 Å². The van der Waals surface area contributed by atoms with Gasteiger partial charge in [0.15, 0.2) is 11.5 Å². The first-order valence-electron chi connectivity index (χ1n) is 9.28. The zero-order chi connectivity index (χ0) is 19.2. The van der Waals surface area contributed by atoms with Crippen LogP contribution in [0.25, 0.3) is 6.08 Å². The van der Waals surface area contributed by atoms with E-state index in [2.05, 4.69) is 6.92 Å². The quantitative estimate of drug-likeness (QED) is 0.297. The molecule has 1 aromatic carbocycles. The average Bonchev–Trinajstić information content (AvgIpc) is 2.65. The van der Waals surface area contributed by atoms with Crippen LogP contribution in [0.15, 0.2) is 23.8 Å². The van der Waals surface area contributed by atoms with Crippen LogP contribution in [0.5, 0.6) is 11.5 Å². The van der Waals surface area contributed by atoms with E-state index in [1.807, 2.05) is 0 Å². The van der Waals surface area contributed by atoms with Gasteiger partial charge in [-0.25, -0.2) is 4.79 Å². The molecule has 0 aliphatic carbocycles. The molecule has 26 heavy (non-hydrogen) atoms. The number of carboxylic acids is 1. The van der Waals surface area contributed by atoms with Gasteiger partial charge in [-0.1, -0.05) is 57.9 Å². The van der Waals surface area contributed by atoms with E-state index < -0.39 is 5.97 Å². The minimum atomic E-state index is -1.25. The second-order valence-corrected chi connectivity index (χ2v) is 6.21. The molecule has 5 nitrogen and oxygen atoms in total. The first-order chi connectivity index (χ1) is 12.6. The Morgan fingerprint density at radius 2 is 1.77 bits per heavy atom. The zero-order valence-electron chi connectivity index (χ0n) is 15.8. The maximum Gasteiger partial charge on any atom is 0.346 e. The summed E-state index contributed by atoms with van der Waals surface area (Å²) in [5.41, 5.74) is 0.264. The van der Waals surface area contributed by atoms with Crippen molar-refractivity contribution in [2.75, 3.05) is 13.7 Å². The fourth-order valence-corrected chi connectivity index (χ4v) is 2.62. The summed E-state index contributed by atoms with van der Waals surface area (Å²) in [7, 11) is 1.54. The Kier molecular flexibility index (Phi) is 10.6. The van der Waals surface area contributed by atoms with Crippen LogP contribution in [-0.2, 0) is 4.79 Å². The van der Waals surface area contributed by atoms with Crippen molar-refractivity contribution in [3.05, 3.63) is 29.3 Å². The molecule has 1 aromatic rings. The fourth-order valence-electron chi connectivity index (χ4n) is 2.62. The van der Waals surface area contributed by atoms with Crippen LogP contribution in [0.1, 0.15) is 63.9 Å². The van der Waals surface area contributed by atoms with E-state index in [1.54, 1.807) is 24.3 Å². The minimum absolute atomic E-state index is 0.320. The molecule has 0 aliphatic rings. The zero-order valence-corrected chi connectivity index (χ0v) is 15.8. The molecule has 0 bridgehead atoms. The molecule has 0 fully saturated rings. The molecular formula is C21H29NO4. The average molecular weight is 359 g/mol. The topological polar surface area (TPSA) is 79.5 Å². The van der Waals surface area contributed by atoms with Crippen molar-refractivity contribution >= 4 is 12.0 Å². The lowest BCUT2D eigenvalue weighted by atomic mass is 10.1. The Balaban J connectivity index is 2.46. The first kappa shape index (κ1) is 21.6. The Bertz CT molecular complexity index is 631. The van der Waals surface area contributed by atoms with Gasteiger partial charge < -0.3 is 14.6 Å². The predicted octanol–water partition coefficient (Wildman–Crippen LogP) is 5.21. The maximum atomic E-state index is 10.9.